The van der Waals surface area contributed by atoms with Gasteiger partial charge in [-0.2, -0.15) is 21.6 Å². The number of carbonyl (C=O) groups excluding carboxylic acids is 1. The molecule has 2 heterocycles. The Kier molecular flexibility index (Phi) is 4.42. The Morgan fingerprint density at radius 3 is 2.61 bits per heavy atom. The van der Waals surface area contributed by atoms with Gasteiger partial charge < -0.3 is 13.5 Å². The second-order valence-electron chi connectivity index (χ2n) is 4.68. The summed E-state index contributed by atoms with van der Waals surface area (Å²) in [5.41, 5.74) is -6.33. The largest absolute Gasteiger partial charge is 0.534 e. The average molecular weight is 355 g/mol. The minimum Gasteiger partial charge on any atom is -0.465 e. The topological polar surface area (TPSA) is 91.7 Å². The van der Waals surface area contributed by atoms with Crippen LogP contribution in [0.2, 0.25) is 0 Å². The molecule has 0 saturated carbocycles. The van der Waals surface area contributed by atoms with E-state index in [0.29, 0.717) is 6.07 Å². The van der Waals surface area contributed by atoms with E-state index in [1.54, 1.807) is 6.92 Å². The highest BCUT2D eigenvalue weighted by Crippen LogP contribution is 2.32. The maximum absolute atomic E-state index is 12.3. The summed E-state index contributed by atoms with van der Waals surface area (Å²) in [4.78, 5) is 23.6. The molecule has 0 radical (unpaired) electrons. The molecule has 2 rings (SSSR count). The highest BCUT2D eigenvalue weighted by atomic mass is 32.2. The molecule has 1 aromatic heterocycles. The van der Waals surface area contributed by atoms with Crippen molar-refractivity contribution in [3.63, 3.8) is 0 Å². The molecule has 11 heteroatoms. The van der Waals surface area contributed by atoms with Crippen LogP contribution in [-0.4, -0.2) is 31.1 Å². The molecule has 128 valence electrons. The third-order valence-electron chi connectivity index (χ3n) is 3.19. The van der Waals surface area contributed by atoms with Gasteiger partial charge in [-0.15, -0.1) is 0 Å². The van der Waals surface area contributed by atoms with E-state index in [2.05, 4.69) is 4.18 Å². The fourth-order valence-corrected chi connectivity index (χ4v) is 2.67. The number of hydrogen-bond acceptors (Lipinski definition) is 6. The summed E-state index contributed by atoms with van der Waals surface area (Å²) in [5.74, 6) is -2.30. The summed E-state index contributed by atoms with van der Waals surface area (Å²) in [6.07, 6.45) is 0.226. The number of aromatic nitrogens is 1. The number of alkyl halides is 3. The first kappa shape index (κ1) is 17.3. The van der Waals surface area contributed by atoms with Crippen LogP contribution in [0.4, 0.5) is 13.2 Å². The van der Waals surface area contributed by atoms with Crippen molar-refractivity contribution in [2.75, 3.05) is 6.61 Å². The number of hydrogen-bond donors (Lipinski definition) is 0. The Bertz CT molecular complexity index is 783. The van der Waals surface area contributed by atoms with Gasteiger partial charge in [0.2, 0.25) is 0 Å². The lowest BCUT2D eigenvalue weighted by Gasteiger charge is -2.13. The van der Waals surface area contributed by atoms with Crippen LogP contribution in [0.15, 0.2) is 16.9 Å². The summed E-state index contributed by atoms with van der Waals surface area (Å²) in [7, 11) is -5.90. The highest BCUT2D eigenvalue weighted by molar-refractivity contribution is 7.88. The highest BCUT2D eigenvalue weighted by Gasteiger charge is 2.48. The van der Waals surface area contributed by atoms with Crippen LogP contribution < -0.4 is 9.74 Å². The van der Waals surface area contributed by atoms with Gasteiger partial charge in [0, 0.05) is 24.4 Å². The molecule has 0 amide bonds. The summed E-state index contributed by atoms with van der Waals surface area (Å²) >= 11 is 0. The van der Waals surface area contributed by atoms with Gasteiger partial charge >= 0.3 is 21.6 Å². The number of halogens is 3. The lowest BCUT2D eigenvalue weighted by atomic mass is 10.0. The zero-order chi connectivity index (χ0) is 17.4. The quantitative estimate of drug-likeness (QED) is 0.457. The Balaban J connectivity index is 2.40. The van der Waals surface area contributed by atoms with Crippen LogP contribution in [0.25, 0.3) is 0 Å². The lowest BCUT2D eigenvalue weighted by Crippen LogP contribution is -2.29. The van der Waals surface area contributed by atoms with Crippen LogP contribution in [-0.2, 0) is 26.2 Å². The molecule has 0 saturated heterocycles. The number of nitrogens with zero attached hydrogens (tertiary/aromatic N) is 1. The van der Waals surface area contributed by atoms with E-state index in [-0.39, 0.29) is 25.3 Å². The molecule has 0 bridgehead atoms. The molecular formula is C12H12F3NO6S. The fraction of sp³-hybridized carbons (Fsp3) is 0.500. The number of carbonyl (C=O) groups is 1. The van der Waals surface area contributed by atoms with Crippen molar-refractivity contribution in [3.05, 3.63) is 28.2 Å². The van der Waals surface area contributed by atoms with E-state index in [0.717, 1.165) is 10.6 Å². The summed E-state index contributed by atoms with van der Waals surface area (Å²) in [6.45, 7) is 1.84. The smallest absolute Gasteiger partial charge is 0.465 e. The Morgan fingerprint density at radius 1 is 1.39 bits per heavy atom. The van der Waals surface area contributed by atoms with E-state index in [4.69, 9.17) is 4.74 Å². The molecule has 23 heavy (non-hydrogen) atoms. The van der Waals surface area contributed by atoms with Crippen LogP contribution in [0.5, 0.6) is 5.75 Å². The Labute approximate surface area is 128 Å². The van der Waals surface area contributed by atoms with Crippen LogP contribution in [0.3, 0.4) is 0 Å². The van der Waals surface area contributed by atoms with Crippen molar-refractivity contribution < 1.29 is 35.3 Å². The van der Waals surface area contributed by atoms with Crippen molar-refractivity contribution in [3.8, 4) is 5.75 Å². The number of pyridine rings is 1. The second kappa shape index (κ2) is 5.87. The van der Waals surface area contributed by atoms with Crippen LogP contribution in [0.1, 0.15) is 25.0 Å². The number of fused-ring (bicyclic) bond motifs is 1. The monoisotopic (exact) mass is 355 g/mol. The zero-order valence-electron chi connectivity index (χ0n) is 11.8. The van der Waals surface area contributed by atoms with Crippen molar-refractivity contribution in [1.29, 1.82) is 0 Å². The van der Waals surface area contributed by atoms with Crippen LogP contribution >= 0.6 is 0 Å². The normalized spacial score (nSPS) is 17.7. The molecule has 1 atom stereocenters. The van der Waals surface area contributed by atoms with Gasteiger partial charge in [0.15, 0.2) is 0 Å². The van der Waals surface area contributed by atoms with Gasteiger partial charge in [-0.05, 0) is 13.3 Å². The standard InChI is InChI=1S/C12H12F3NO6S/c1-2-21-11(18)8-3-4-16-9(8)5-7(6-10(16)17)22-23(19,20)12(13,14)15/h5-6,8H,2-4H2,1H3. The van der Waals surface area contributed by atoms with E-state index in [9.17, 15) is 31.2 Å². The number of rotatable bonds is 4. The summed E-state index contributed by atoms with van der Waals surface area (Å²) in [5, 5.41) is 0. The lowest BCUT2D eigenvalue weighted by molar-refractivity contribution is -0.144. The molecular weight excluding hydrogens is 343 g/mol. The minimum atomic E-state index is -5.90. The minimum absolute atomic E-state index is 0.0586. The number of esters is 1. The zero-order valence-corrected chi connectivity index (χ0v) is 12.6. The Morgan fingerprint density at radius 2 is 2.04 bits per heavy atom. The van der Waals surface area contributed by atoms with Crippen molar-refractivity contribution in [1.82, 2.24) is 4.57 Å². The first-order chi connectivity index (χ1) is 10.6. The molecule has 1 aromatic rings. The maximum atomic E-state index is 12.3. The van der Waals surface area contributed by atoms with Gasteiger partial charge in [0.1, 0.15) is 5.75 Å². The van der Waals surface area contributed by atoms with E-state index in [1.807, 2.05) is 0 Å². The van der Waals surface area contributed by atoms with Crippen molar-refractivity contribution in [2.45, 2.75) is 31.3 Å². The maximum Gasteiger partial charge on any atom is 0.534 e. The van der Waals surface area contributed by atoms with Crippen molar-refractivity contribution in [2.24, 2.45) is 0 Å². The molecule has 1 unspecified atom stereocenters. The van der Waals surface area contributed by atoms with Gasteiger partial charge in [0.25, 0.3) is 5.56 Å². The SMILES string of the molecule is CCOC(=O)C1CCn2c1cc(OS(=O)(=O)C(F)(F)F)cc2=O. The molecule has 1 aliphatic rings. The fourth-order valence-electron chi connectivity index (χ4n) is 2.23. The van der Waals surface area contributed by atoms with Crippen molar-refractivity contribution >= 4 is 16.1 Å². The second-order valence-corrected chi connectivity index (χ2v) is 6.22. The predicted molar refractivity (Wildman–Crippen MR) is 70.3 cm³/mol. The Hall–Kier alpha value is -2.04. The van der Waals surface area contributed by atoms with Gasteiger partial charge in [0.05, 0.1) is 12.5 Å². The van der Waals surface area contributed by atoms with E-state index >= 15 is 0 Å². The summed E-state index contributed by atoms with van der Waals surface area (Å²) < 4.78 is 68.9. The first-order valence-electron chi connectivity index (χ1n) is 6.49. The molecule has 0 N–H and O–H groups in total. The first-order valence-corrected chi connectivity index (χ1v) is 7.90. The predicted octanol–water partition coefficient (Wildman–Crippen LogP) is 1.13. The van der Waals surface area contributed by atoms with E-state index in [1.165, 1.54) is 0 Å². The van der Waals surface area contributed by atoms with E-state index < -0.39 is 38.8 Å². The molecule has 0 aliphatic carbocycles. The third kappa shape index (κ3) is 3.33. The molecule has 7 nitrogen and oxygen atoms in total. The van der Waals surface area contributed by atoms with Gasteiger partial charge in [-0.1, -0.05) is 0 Å². The molecule has 1 aliphatic heterocycles. The molecule has 0 aromatic carbocycles. The number of ether oxygens (including phenoxy) is 1. The van der Waals surface area contributed by atoms with Gasteiger partial charge in [-0.3, -0.25) is 9.59 Å². The van der Waals surface area contributed by atoms with Crippen LogP contribution in [0, 0.1) is 0 Å². The summed E-state index contributed by atoms with van der Waals surface area (Å²) in [6, 6.07) is 1.56. The van der Waals surface area contributed by atoms with Gasteiger partial charge in [-0.25, -0.2) is 0 Å². The molecule has 0 spiro atoms. The molecule has 0 fully saturated rings. The average Bonchev–Trinajstić information content (AvgIpc) is 2.81. The third-order valence-corrected chi connectivity index (χ3v) is 4.17.